The SMILES string of the molecule is C=CC(Cl)C1CN(C(=O)CC(N)CC(=O)N2CC(CCl)c3c2cc(O)c2ccccc32)c2cc(O)c3ccccc3c21. The zero-order valence-corrected chi connectivity index (χ0v) is 24.4. The molecule has 2 heterocycles. The highest BCUT2D eigenvalue weighted by atomic mass is 35.5. The van der Waals surface area contributed by atoms with Crippen molar-refractivity contribution in [1.29, 1.82) is 0 Å². The van der Waals surface area contributed by atoms with E-state index in [1.165, 1.54) is 0 Å². The molecular weight excluding hydrogens is 573 g/mol. The molecule has 216 valence electrons. The van der Waals surface area contributed by atoms with Gasteiger partial charge in [0.25, 0.3) is 0 Å². The smallest absolute Gasteiger partial charge is 0.228 e. The lowest BCUT2D eigenvalue weighted by atomic mass is 9.92. The Kier molecular flexibility index (Phi) is 7.51. The Morgan fingerprint density at radius 2 is 1.36 bits per heavy atom. The van der Waals surface area contributed by atoms with Gasteiger partial charge in [0.2, 0.25) is 11.8 Å². The van der Waals surface area contributed by atoms with Gasteiger partial charge in [0.15, 0.2) is 0 Å². The van der Waals surface area contributed by atoms with E-state index >= 15 is 0 Å². The monoisotopic (exact) mass is 603 g/mol. The number of allylic oxidation sites excluding steroid dienone is 1. The second kappa shape index (κ2) is 11.1. The molecule has 0 radical (unpaired) electrons. The summed E-state index contributed by atoms with van der Waals surface area (Å²) >= 11 is 13.0. The van der Waals surface area contributed by atoms with Crippen molar-refractivity contribution < 1.29 is 19.8 Å². The van der Waals surface area contributed by atoms with Gasteiger partial charge in [-0.1, -0.05) is 54.6 Å². The number of aromatic hydroxyl groups is 2. The molecule has 7 nitrogen and oxygen atoms in total. The number of carbonyl (C=O) groups is 2. The minimum absolute atomic E-state index is 0.0638. The summed E-state index contributed by atoms with van der Waals surface area (Å²) in [5, 5.41) is 24.1. The van der Waals surface area contributed by atoms with Crippen molar-refractivity contribution in [2.75, 3.05) is 28.8 Å². The molecule has 0 bridgehead atoms. The first-order valence-electron chi connectivity index (χ1n) is 13.9. The minimum Gasteiger partial charge on any atom is -0.507 e. The number of hydrogen-bond acceptors (Lipinski definition) is 5. The quantitative estimate of drug-likeness (QED) is 0.175. The number of phenols is 2. The Hall–Kier alpha value is -3.78. The predicted molar refractivity (Wildman–Crippen MR) is 169 cm³/mol. The zero-order chi connectivity index (χ0) is 29.7. The van der Waals surface area contributed by atoms with E-state index in [2.05, 4.69) is 6.58 Å². The van der Waals surface area contributed by atoms with Crippen molar-refractivity contribution in [3.05, 3.63) is 84.4 Å². The largest absolute Gasteiger partial charge is 0.507 e. The van der Waals surface area contributed by atoms with Crippen LogP contribution in [0.5, 0.6) is 11.5 Å². The lowest BCUT2D eigenvalue weighted by molar-refractivity contribution is -0.120. The van der Waals surface area contributed by atoms with Gasteiger partial charge >= 0.3 is 0 Å². The van der Waals surface area contributed by atoms with Gasteiger partial charge in [-0.3, -0.25) is 9.59 Å². The molecular formula is C33H31Cl2N3O4. The van der Waals surface area contributed by atoms with Crippen LogP contribution in [0, 0.1) is 0 Å². The highest BCUT2D eigenvalue weighted by Crippen LogP contribution is 2.48. The fraction of sp³-hybridized carbons (Fsp3) is 0.273. The summed E-state index contributed by atoms with van der Waals surface area (Å²) in [4.78, 5) is 30.4. The number of phenolic OH excluding ortho intramolecular Hbond substituents is 2. The third-order valence-electron chi connectivity index (χ3n) is 8.50. The molecule has 2 aliphatic heterocycles. The topological polar surface area (TPSA) is 107 Å². The van der Waals surface area contributed by atoms with E-state index < -0.39 is 11.4 Å². The van der Waals surface area contributed by atoms with Crippen LogP contribution in [0.3, 0.4) is 0 Å². The van der Waals surface area contributed by atoms with Crippen molar-refractivity contribution in [3.63, 3.8) is 0 Å². The number of nitrogens with two attached hydrogens (primary N) is 1. The summed E-state index contributed by atoms with van der Waals surface area (Å²) in [6.45, 7) is 4.53. The molecule has 9 heteroatoms. The average Bonchev–Trinajstić information content (AvgIpc) is 3.56. The van der Waals surface area contributed by atoms with Gasteiger partial charge in [0, 0.05) is 72.6 Å². The van der Waals surface area contributed by atoms with Crippen LogP contribution in [0.15, 0.2) is 73.3 Å². The highest BCUT2D eigenvalue weighted by molar-refractivity contribution is 6.23. The van der Waals surface area contributed by atoms with Gasteiger partial charge in [0.1, 0.15) is 11.5 Å². The zero-order valence-electron chi connectivity index (χ0n) is 22.8. The summed E-state index contributed by atoms with van der Waals surface area (Å²) in [5.41, 5.74) is 9.44. The summed E-state index contributed by atoms with van der Waals surface area (Å²) in [6.07, 6.45) is 1.51. The Morgan fingerprint density at radius 3 is 1.88 bits per heavy atom. The summed E-state index contributed by atoms with van der Waals surface area (Å²) in [7, 11) is 0. The second-order valence-electron chi connectivity index (χ2n) is 11.1. The van der Waals surface area contributed by atoms with Gasteiger partial charge in [-0.25, -0.2) is 0 Å². The standard InChI is InChI=1S/C33H31Cl2N3O4/c1-2-25(35)24-17-38(27-14-29(40)21-8-4-6-10-23(21)33(24)27)31(42)12-19(36)11-30(41)37-16-18(15-34)32-22-9-5-3-7-20(22)28(39)13-26(32)37/h2-10,13-14,18-19,24-25,39-40H,1,11-12,15-17,36H2. The number of benzene rings is 4. The molecule has 2 amide bonds. The maximum Gasteiger partial charge on any atom is 0.228 e. The van der Waals surface area contributed by atoms with E-state index in [0.29, 0.717) is 41.1 Å². The minimum atomic E-state index is -0.750. The Bertz CT molecular complexity index is 1740. The Balaban J connectivity index is 1.23. The molecule has 4 N–H and O–H groups in total. The van der Waals surface area contributed by atoms with E-state index in [9.17, 15) is 19.8 Å². The maximum absolute atomic E-state index is 13.6. The fourth-order valence-corrected chi connectivity index (χ4v) is 7.01. The van der Waals surface area contributed by atoms with Crippen LogP contribution in [-0.2, 0) is 9.59 Å². The number of hydrogen-bond donors (Lipinski definition) is 3. The van der Waals surface area contributed by atoms with Gasteiger partial charge in [-0.15, -0.1) is 29.8 Å². The first kappa shape index (κ1) is 28.3. The van der Waals surface area contributed by atoms with E-state index in [1.54, 1.807) is 28.0 Å². The molecule has 4 aromatic rings. The average molecular weight is 605 g/mol. The number of alkyl halides is 2. The van der Waals surface area contributed by atoms with Crippen LogP contribution >= 0.6 is 23.2 Å². The second-order valence-corrected chi connectivity index (χ2v) is 11.9. The molecule has 0 fully saturated rings. The number of amides is 2. The van der Waals surface area contributed by atoms with Crippen LogP contribution in [0.1, 0.15) is 35.8 Å². The van der Waals surface area contributed by atoms with Crippen LogP contribution in [0.25, 0.3) is 21.5 Å². The summed E-state index contributed by atoms with van der Waals surface area (Å²) < 4.78 is 0. The lowest BCUT2D eigenvalue weighted by Gasteiger charge is -2.23. The number of fused-ring (bicyclic) bond motifs is 6. The van der Waals surface area contributed by atoms with Crippen LogP contribution in [0.2, 0.25) is 0 Å². The molecule has 4 aromatic carbocycles. The highest BCUT2D eigenvalue weighted by Gasteiger charge is 2.39. The predicted octanol–water partition coefficient (Wildman–Crippen LogP) is 6.10. The van der Waals surface area contributed by atoms with Gasteiger partial charge < -0.3 is 25.7 Å². The molecule has 42 heavy (non-hydrogen) atoms. The van der Waals surface area contributed by atoms with Crippen LogP contribution in [-0.4, -0.2) is 52.4 Å². The number of anilines is 2. The van der Waals surface area contributed by atoms with E-state index in [4.69, 9.17) is 28.9 Å². The van der Waals surface area contributed by atoms with Crippen molar-refractivity contribution in [3.8, 4) is 11.5 Å². The molecule has 6 rings (SSSR count). The van der Waals surface area contributed by atoms with Crippen molar-refractivity contribution in [1.82, 2.24) is 0 Å². The molecule has 0 saturated carbocycles. The lowest BCUT2D eigenvalue weighted by Crippen LogP contribution is -2.39. The van der Waals surface area contributed by atoms with Gasteiger partial charge in [-0.2, -0.15) is 0 Å². The summed E-state index contributed by atoms with van der Waals surface area (Å²) in [6, 6.07) is 17.4. The van der Waals surface area contributed by atoms with Gasteiger partial charge in [0.05, 0.1) is 16.8 Å². The first-order chi connectivity index (χ1) is 20.2. The van der Waals surface area contributed by atoms with E-state index in [0.717, 1.165) is 21.9 Å². The third-order valence-corrected chi connectivity index (χ3v) is 9.35. The molecule has 0 aliphatic carbocycles. The number of nitrogens with zero attached hydrogens (tertiary/aromatic N) is 2. The Morgan fingerprint density at radius 1 is 0.881 bits per heavy atom. The summed E-state index contributed by atoms with van der Waals surface area (Å²) in [5.74, 6) is -0.332. The normalized spacial score (nSPS) is 19.1. The molecule has 4 atom stereocenters. The number of rotatable bonds is 7. The third kappa shape index (κ3) is 4.66. The van der Waals surface area contributed by atoms with Crippen molar-refractivity contribution in [2.45, 2.75) is 36.1 Å². The van der Waals surface area contributed by atoms with Crippen LogP contribution < -0.4 is 15.5 Å². The number of halogens is 2. The molecule has 0 saturated heterocycles. The molecule has 2 aliphatic rings. The van der Waals surface area contributed by atoms with Crippen LogP contribution in [0.4, 0.5) is 11.4 Å². The number of carbonyl (C=O) groups excluding carboxylic acids is 2. The van der Waals surface area contributed by atoms with E-state index in [-0.39, 0.29) is 48.0 Å². The molecule has 0 aromatic heterocycles. The van der Waals surface area contributed by atoms with Gasteiger partial charge in [-0.05, 0) is 21.9 Å². The van der Waals surface area contributed by atoms with Crippen molar-refractivity contribution in [2.24, 2.45) is 5.73 Å². The fourth-order valence-electron chi connectivity index (χ4n) is 6.55. The van der Waals surface area contributed by atoms with E-state index in [1.807, 2.05) is 48.5 Å². The van der Waals surface area contributed by atoms with Crippen molar-refractivity contribution >= 4 is 67.9 Å². The first-order valence-corrected chi connectivity index (χ1v) is 14.9. The maximum atomic E-state index is 13.6. The Labute approximate surface area is 253 Å². The molecule has 4 unspecified atom stereocenters. The molecule has 0 spiro atoms.